The van der Waals surface area contributed by atoms with Crippen molar-refractivity contribution in [3.8, 4) is 0 Å². The molecule has 0 spiro atoms. The van der Waals surface area contributed by atoms with Gasteiger partial charge in [0, 0.05) is 32.6 Å². The van der Waals surface area contributed by atoms with Crippen molar-refractivity contribution in [2.45, 2.75) is 103 Å². The molecule has 2 fully saturated rings. The highest BCUT2D eigenvalue weighted by molar-refractivity contribution is 7.10. The largest absolute Gasteiger partial charge is 0.393 e. The Morgan fingerprint density at radius 3 is 2.71 bits per heavy atom. The summed E-state index contributed by atoms with van der Waals surface area (Å²) in [6.07, 6.45) is 21.1. The molecular formula is C23H44O3P2. The molecule has 0 aromatic heterocycles. The van der Waals surface area contributed by atoms with E-state index in [4.69, 9.17) is 10.3 Å². The lowest BCUT2D eigenvalue weighted by Gasteiger charge is -2.47. The van der Waals surface area contributed by atoms with Crippen LogP contribution in [0.5, 0.6) is 0 Å². The molecule has 164 valence electrons. The minimum Gasteiger partial charge on any atom is -0.393 e. The topological polar surface area (TPSA) is 38.7 Å². The van der Waals surface area contributed by atoms with Crippen LogP contribution in [0.1, 0.15) is 85.9 Å². The summed E-state index contributed by atoms with van der Waals surface area (Å²) in [5, 5.41) is 10.6. The minimum absolute atomic E-state index is 0. The van der Waals surface area contributed by atoms with Gasteiger partial charge in [-0.15, -0.1) is 0 Å². The number of rotatable bonds is 14. The number of hydrogen-bond donors (Lipinski definition) is 1. The van der Waals surface area contributed by atoms with Crippen molar-refractivity contribution in [3.05, 3.63) is 24.3 Å². The standard InChI is InChI=1S/C23H42O3P2.H2/c1-3-5-6-7-8-11-18-19(21(25-27)17-20(18)24)12-9-13-22(26-28)23(14-4-2)15-10-16-23;/h7-9,12,18-22,24H,3-6,10-11,13-17,27-28H2,1-2H3;1H/b8-7-,12-9+;/t18-,19-,20+,21-,22?;/m1./s1/i27T;1+2/t18-,19-,20+,21-,22?,27?;. The van der Waals surface area contributed by atoms with Crippen molar-refractivity contribution >= 4 is 18.9 Å². The Morgan fingerprint density at radius 2 is 2.11 bits per heavy atom. The summed E-state index contributed by atoms with van der Waals surface area (Å²) in [6.45, 7) is 4.47. The van der Waals surface area contributed by atoms with Gasteiger partial charge >= 0.3 is 0 Å². The summed E-state index contributed by atoms with van der Waals surface area (Å²) in [6, 6.07) is 0. The molecule has 0 saturated heterocycles. The Morgan fingerprint density at radius 1 is 1.29 bits per heavy atom. The van der Waals surface area contributed by atoms with Gasteiger partial charge in [-0.25, -0.2) is 0 Å². The lowest BCUT2D eigenvalue weighted by molar-refractivity contribution is -0.0141. The van der Waals surface area contributed by atoms with E-state index in [2.05, 4.69) is 47.6 Å². The van der Waals surface area contributed by atoms with Crippen molar-refractivity contribution in [1.29, 1.82) is 1.28 Å². The molecule has 7 atom stereocenters. The summed E-state index contributed by atoms with van der Waals surface area (Å²) in [5.74, 6) is 0.349. The lowest BCUT2D eigenvalue weighted by Crippen LogP contribution is -2.41. The van der Waals surface area contributed by atoms with E-state index in [0.717, 1.165) is 19.3 Å². The van der Waals surface area contributed by atoms with Gasteiger partial charge in [0.25, 0.3) is 0 Å². The summed E-state index contributed by atoms with van der Waals surface area (Å²) < 4.78 is 19.1. The van der Waals surface area contributed by atoms with E-state index < -0.39 is 0 Å². The van der Waals surface area contributed by atoms with E-state index >= 15 is 0 Å². The van der Waals surface area contributed by atoms with E-state index in [9.17, 15) is 5.11 Å². The van der Waals surface area contributed by atoms with Crippen LogP contribution in [0.25, 0.3) is 0 Å². The van der Waals surface area contributed by atoms with Gasteiger partial charge in [0.15, 0.2) is 0 Å². The van der Waals surface area contributed by atoms with E-state index in [-0.39, 0.29) is 41.0 Å². The summed E-state index contributed by atoms with van der Waals surface area (Å²) in [5.41, 5.74) is 0.343. The van der Waals surface area contributed by atoms with Gasteiger partial charge in [-0.2, -0.15) is 0 Å². The van der Waals surface area contributed by atoms with Gasteiger partial charge in [0.2, 0.25) is 0 Å². The van der Waals surface area contributed by atoms with E-state index in [1.54, 1.807) is 0 Å². The smallest absolute Gasteiger partial charge is 0.0851 e. The maximum Gasteiger partial charge on any atom is 0.0851 e. The monoisotopic (exact) mass is 434 g/mol. The number of allylic oxidation sites excluding steroid dienone is 2. The normalized spacial score (nSPS) is 31.8. The van der Waals surface area contributed by atoms with Gasteiger partial charge in [0.05, 0.1) is 19.6 Å². The van der Waals surface area contributed by atoms with Gasteiger partial charge in [-0.1, -0.05) is 63.8 Å². The highest BCUT2D eigenvalue weighted by Crippen LogP contribution is 2.50. The quantitative estimate of drug-likeness (QED) is 0.189. The van der Waals surface area contributed by atoms with Crippen molar-refractivity contribution in [3.63, 3.8) is 0 Å². The third-order valence-corrected chi connectivity index (χ3v) is 7.63. The zero-order chi connectivity index (χ0) is 21.1. The van der Waals surface area contributed by atoms with Crippen LogP contribution in [0.3, 0.4) is 0 Å². The molecule has 2 aliphatic rings. The average Bonchev–Trinajstić information content (AvgIpc) is 2.97. The van der Waals surface area contributed by atoms with Gasteiger partial charge in [-0.3, -0.25) is 0 Å². The zero-order valence-corrected chi connectivity index (χ0v) is 20.0. The summed E-state index contributed by atoms with van der Waals surface area (Å²) >= 11 is 0. The first kappa shape index (κ1) is 22.9. The minimum atomic E-state index is -0.353. The summed E-state index contributed by atoms with van der Waals surface area (Å²) in [7, 11) is 2.21. The molecule has 3 nitrogen and oxygen atoms in total. The second kappa shape index (κ2) is 12.8. The van der Waals surface area contributed by atoms with Gasteiger partial charge < -0.3 is 14.2 Å². The van der Waals surface area contributed by atoms with Crippen molar-refractivity contribution in [1.82, 2.24) is 0 Å². The van der Waals surface area contributed by atoms with Crippen LogP contribution in [-0.4, -0.2) is 24.7 Å². The molecule has 0 heterocycles. The Hall–Kier alpha value is 0.220. The molecule has 0 amide bonds. The molecule has 28 heavy (non-hydrogen) atoms. The highest BCUT2D eigenvalue weighted by atomic mass is 31.0. The second-order valence-corrected chi connectivity index (χ2v) is 9.31. The Bertz CT molecular complexity index is 515. The predicted molar refractivity (Wildman–Crippen MR) is 127 cm³/mol. The first-order valence-corrected chi connectivity index (χ1v) is 12.2. The van der Waals surface area contributed by atoms with Crippen molar-refractivity contribution in [2.75, 3.05) is 0 Å². The maximum absolute atomic E-state index is 10.6. The molecule has 0 radical (unpaired) electrons. The number of hydrogen-bond acceptors (Lipinski definition) is 3. The molecule has 0 aromatic carbocycles. The van der Waals surface area contributed by atoms with Crippen LogP contribution in [0.15, 0.2) is 24.3 Å². The molecule has 2 rings (SSSR count). The molecule has 2 saturated carbocycles. The number of unbranched alkanes of at least 4 members (excludes halogenated alkanes) is 2. The van der Waals surface area contributed by atoms with Crippen LogP contribution < -0.4 is 0 Å². The lowest BCUT2D eigenvalue weighted by atomic mass is 9.62. The third-order valence-electron chi connectivity index (χ3n) is 7.00. The Kier molecular flexibility index (Phi) is 10.5. The van der Waals surface area contributed by atoms with Crippen LogP contribution >= 0.6 is 18.9 Å². The fourth-order valence-corrected chi connectivity index (χ4v) is 5.83. The predicted octanol–water partition coefficient (Wildman–Crippen LogP) is 6.63. The van der Waals surface area contributed by atoms with Crippen LogP contribution in [-0.2, 0) is 9.05 Å². The number of aliphatic hydroxyl groups excluding tert-OH is 1. The molecule has 0 aliphatic heterocycles. The van der Waals surface area contributed by atoms with Crippen LogP contribution in [0.4, 0.5) is 0 Å². The molecule has 1 N–H and O–H groups in total. The SMILES string of the molecule is [3HH].[3H]PO[C@@H]1C[C@H](O)[C@H](C/C=C\CCCC)[C@H]1/C=C/CC(OP)C1(CCC)CCC1. The zero-order valence-electron chi connectivity index (χ0n) is 18.8. The average molecular weight is 435 g/mol. The molecule has 5 heteroatoms. The second-order valence-electron chi connectivity index (χ2n) is 8.80. The first-order valence-electron chi connectivity index (χ1n) is 11.8. The molecule has 0 bridgehead atoms. The van der Waals surface area contributed by atoms with Gasteiger partial charge in [0.1, 0.15) is 0 Å². The molecular weight excluding hydrogens is 386 g/mol. The van der Waals surface area contributed by atoms with E-state index in [1.807, 2.05) is 0 Å². The fraction of sp³-hybridized carbons (Fsp3) is 0.826. The first-order chi connectivity index (χ1) is 14.1. The fourth-order valence-electron chi connectivity index (χ4n) is 5.17. The van der Waals surface area contributed by atoms with Crippen LogP contribution in [0.2, 0.25) is 0 Å². The van der Waals surface area contributed by atoms with Crippen LogP contribution in [0, 0.1) is 17.3 Å². The van der Waals surface area contributed by atoms with Crippen molar-refractivity contribution < 1.29 is 15.6 Å². The van der Waals surface area contributed by atoms with Gasteiger partial charge in [-0.05, 0) is 49.9 Å². The Balaban J connectivity index is 0.00000450. The number of aliphatic hydroxyl groups is 1. The molecule has 2 aliphatic carbocycles. The summed E-state index contributed by atoms with van der Waals surface area (Å²) in [4.78, 5) is 0. The third kappa shape index (κ3) is 6.36. The van der Waals surface area contributed by atoms with E-state index in [1.165, 1.54) is 44.9 Å². The Labute approximate surface area is 180 Å². The van der Waals surface area contributed by atoms with Crippen molar-refractivity contribution in [2.24, 2.45) is 17.3 Å². The van der Waals surface area contributed by atoms with E-state index in [0.29, 0.717) is 11.8 Å². The molecule has 0 aromatic rings. The highest BCUT2D eigenvalue weighted by Gasteiger charge is 2.43. The molecule has 3 unspecified atom stereocenters. The maximum atomic E-state index is 10.6.